The second-order valence-electron chi connectivity index (χ2n) is 4.25. The fourth-order valence-corrected chi connectivity index (χ4v) is 1.92. The van der Waals surface area contributed by atoms with E-state index in [1.165, 1.54) is 0 Å². The van der Waals surface area contributed by atoms with Gasteiger partial charge >= 0.3 is 0 Å². The van der Waals surface area contributed by atoms with E-state index in [0.29, 0.717) is 0 Å². The summed E-state index contributed by atoms with van der Waals surface area (Å²) in [6.45, 7) is 0.833. The van der Waals surface area contributed by atoms with Crippen molar-refractivity contribution in [3.63, 3.8) is 0 Å². The van der Waals surface area contributed by atoms with Crippen molar-refractivity contribution >= 4 is 16.7 Å². The van der Waals surface area contributed by atoms with Gasteiger partial charge < -0.3 is 5.32 Å². The van der Waals surface area contributed by atoms with Crippen LogP contribution in [0.3, 0.4) is 0 Å². The summed E-state index contributed by atoms with van der Waals surface area (Å²) in [7, 11) is 0. The third kappa shape index (κ3) is 2.85. The molecule has 0 saturated carbocycles. The summed E-state index contributed by atoms with van der Waals surface area (Å²) in [6.07, 6.45) is 1.74. The number of aryl methyl sites for hydroxylation is 1. The number of aromatic amines is 1. The highest BCUT2D eigenvalue weighted by Crippen LogP contribution is 2.14. The molecule has 0 aliphatic heterocycles. The van der Waals surface area contributed by atoms with E-state index in [4.69, 9.17) is 0 Å². The van der Waals surface area contributed by atoms with Crippen molar-refractivity contribution in [1.82, 2.24) is 25.6 Å². The highest BCUT2D eigenvalue weighted by molar-refractivity contribution is 5.79. The van der Waals surface area contributed by atoms with Crippen LogP contribution in [0.5, 0.6) is 0 Å². The Labute approximate surface area is 110 Å². The fraction of sp³-hybridized carbons (Fsp3) is 0.231. The number of fused-ring (bicyclic) bond motifs is 1. The summed E-state index contributed by atoms with van der Waals surface area (Å²) in [4.78, 5) is 4.55. The zero-order valence-electron chi connectivity index (χ0n) is 10.4. The van der Waals surface area contributed by atoms with E-state index in [-0.39, 0.29) is 0 Å². The summed E-state index contributed by atoms with van der Waals surface area (Å²) < 4.78 is 0. The fourth-order valence-electron chi connectivity index (χ4n) is 1.92. The van der Waals surface area contributed by atoms with Crippen LogP contribution in [0.1, 0.15) is 12.2 Å². The number of aromatic nitrogens is 5. The lowest BCUT2D eigenvalue weighted by molar-refractivity contribution is 0.802. The van der Waals surface area contributed by atoms with Crippen molar-refractivity contribution in [2.24, 2.45) is 0 Å². The largest absolute Gasteiger partial charge is 0.370 e. The first-order valence-corrected chi connectivity index (χ1v) is 6.24. The molecular weight excluding hydrogens is 240 g/mol. The molecule has 3 rings (SSSR count). The molecule has 0 atom stereocenters. The average molecular weight is 254 g/mol. The minimum absolute atomic E-state index is 0.744. The van der Waals surface area contributed by atoms with Crippen molar-refractivity contribution in [3.8, 4) is 0 Å². The third-order valence-corrected chi connectivity index (χ3v) is 2.87. The number of tetrazole rings is 1. The molecular formula is C13H14N6. The van der Waals surface area contributed by atoms with Gasteiger partial charge in [-0.1, -0.05) is 23.4 Å². The first-order valence-electron chi connectivity index (χ1n) is 6.24. The van der Waals surface area contributed by atoms with Crippen molar-refractivity contribution < 1.29 is 0 Å². The van der Waals surface area contributed by atoms with Crippen LogP contribution in [-0.4, -0.2) is 32.2 Å². The monoisotopic (exact) mass is 254 g/mol. The second-order valence-corrected chi connectivity index (χ2v) is 4.25. The van der Waals surface area contributed by atoms with E-state index >= 15 is 0 Å². The molecule has 0 aliphatic carbocycles. The number of nitrogens with one attached hydrogen (secondary N) is 2. The van der Waals surface area contributed by atoms with E-state index in [2.05, 4.69) is 43.1 Å². The Bertz CT molecular complexity index is 649. The van der Waals surface area contributed by atoms with E-state index in [9.17, 15) is 0 Å². The van der Waals surface area contributed by atoms with Crippen molar-refractivity contribution in [1.29, 1.82) is 0 Å². The highest BCUT2D eigenvalue weighted by atomic mass is 15.5. The number of hydrogen-bond acceptors (Lipinski definition) is 5. The molecule has 2 aromatic heterocycles. The number of anilines is 1. The van der Waals surface area contributed by atoms with Crippen LogP contribution in [-0.2, 0) is 6.42 Å². The first-order chi connectivity index (χ1) is 9.42. The minimum atomic E-state index is 0.744. The predicted octanol–water partition coefficient (Wildman–Crippen LogP) is 1.79. The molecule has 6 nitrogen and oxygen atoms in total. The second kappa shape index (κ2) is 5.43. The smallest absolute Gasteiger partial charge is 0.174 e. The Morgan fingerprint density at radius 1 is 1.11 bits per heavy atom. The van der Waals surface area contributed by atoms with Crippen molar-refractivity contribution in [2.75, 3.05) is 11.9 Å². The molecule has 0 bridgehead atoms. The maximum atomic E-state index is 4.55. The molecule has 19 heavy (non-hydrogen) atoms. The maximum Gasteiger partial charge on any atom is 0.174 e. The van der Waals surface area contributed by atoms with Gasteiger partial charge in [-0.2, -0.15) is 5.21 Å². The van der Waals surface area contributed by atoms with Crippen LogP contribution in [0.4, 0.5) is 5.82 Å². The van der Waals surface area contributed by atoms with Gasteiger partial charge in [-0.15, -0.1) is 10.2 Å². The van der Waals surface area contributed by atoms with Gasteiger partial charge in [0.05, 0.1) is 5.52 Å². The maximum absolute atomic E-state index is 4.55. The topological polar surface area (TPSA) is 79.4 Å². The Morgan fingerprint density at radius 3 is 2.95 bits per heavy atom. The lowest BCUT2D eigenvalue weighted by atomic mass is 10.2. The first kappa shape index (κ1) is 11.6. The molecule has 0 fully saturated rings. The van der Waals surface area contributed by atoms with Gasteiger partial charge in [0.2, 0.25) is 0 Å². The Morgan fingerprint density at radius 2 is 2.05 bits per heavy atom. The average Bonchev–Trinajstić information content (AvgIpc) is 2.97. The predicted molar refractivity (Wildman–Crippen MR) is 72.7 cm³/mol. The van der Waals surface area contributed by atoms with E-state index in [0.717, 1.165) is 41.9 Å². The molecule has 0 spiro atoms. The quantitative estimate of drug-likeness (QED) is 0.679. The van der Waals surface area contributed by atoms with Crippen LogP contribution in [0, 0.1) is 0 Å². The van der Waals surface area contributed by atoms with Gasteiger partial charge in [0.25, 0.3) is 0 Å². The molecule has 1 aromatic carbocycles. The number of hydrogen-bond donors (Lipinski definition) is 2. The third-order valence-electron chi connectivity index (χ3n) is 2.87. The zero-order chi connectivity index (χ0) is 12.9. The standard InChI is InChI=1S/C13H14N6/c1-2-5-11-10(4-1)7-8-12(15-11)14-9-3-6-13-16-18-19-17-13/h1-2,4-5,7-8H,3,6,9H2,(H,14,15)(H,16,17,18,19). The van der Waals surface area contributed by atoms with Crippen LogP contribution in [0.25, 0.3) is 10.9 Å². The summed E-state index contributed by atoms with van der Waals surface area (Å²) in [5, 5.41) is 18.2. The van der Waals surface area contributed by atoms with Gasteiger partial charge in [-0.3, -0.25) is 0 Å². The summed E-state index contributed by atoms with van der Waals surface area (Å²) in [5.41, 5.74) is 1.01. The molecule has 96 valence electrons. The lowest BCUT2D eigenvalue weighted by Crippen LogP contribution is -2.05. The molecule has 0 radical (unpaired) electrons. The number of nitrogens with zero attached hydrogens (tertiary/aromatic N) is 4. The van der Waals surface area contributed by atoms with Crippen LogP contribution >= 0.6 is 0 Å². The highest BCUT2D eigenvalue weighted by Gasteiger charge is 1.99. The summed E-state index contributed by atoms with van der Waals surface area (Å²) in [6, 6.07) is 12.2. The van der Waals surface area contributed by atoms with E-state index < -0.39 is 0 Å². The van der Waals surface area contributed by atoms with Gasteiger partial charge in [-0.05, 0) is 24.6 Å². The number of para-hydroxylation sites is 1. The van der Waals surface area contributed by atoms with Gasteiger partial charge in [0.15, 0.2) is 5.82 Å². The minimum Gasteiger partial charge on any atom is -0.370 e. The normalized spacial score (nSPS) is 10.7. The molecule has 0 amide bonds. The number of benzene rings is 1. The molecule has 2 heterocycles. The lowest BCUT2D eigenvalue weighted by Gasteiger charge is -2.05. The Hall–Kier alpha value is -2.50. The Kier molecular flexibility index (Phi) is 3.31. The van der Waals surface area contributed by atoms with Gasteiger partial charge in [-0.25, -0.2) is 4.98 Å². The number of pyridine rings is 1. The number of rotatable bonds is 5. The SMILES string of the molecule is c1ccc2nc(NCCCc3nn[nH]n3)ccc2c1. The van der Waals surface area contributed by atoms with Gasteiger partial charge in [0.1, 0.15) is 5.82 Å². The molecule has 3 aromatic rings. The van der Waals surface area contributed by atoms with Gasteiger partial charge in [0, 0.05) is 18.4 Å². The van der Waals surface area contributed by atoms with Crippen molar-refractivity contribution in [2.45, 2.75) is 12.8 Å². The van der Waals surface area contributed by atoms with Crippen molar-refractivity contribution in [3.05, 3.63) is 42.2 Å². The van der Waals surface area contributed by atoms with Crippen LogP contribution < -0.4 is 5.32 Å². The number of H-pyrrole nitrogens is 1. The van der Waals surface area contributed by atoms with Crippen LogP contribution in [0.15, 0.2) is 36.4 Å². The van der Waals surface area contributed by atoms with Crippen LogP contribution in [0.2, 0.25) is 0 Å². The zero-order valence-corrected chi connectivity index (χ0v) is 10.4. The Balaban J connectivity index is 1.56. The molecule has 0 aliphatic rings. The van der Waals surface area contributed by atoms with E-state index in [1.807, 2.05) is 24.3 Å². The molecule has 0 unspecified atom stereocenters. The summed E-state index contributed by atoms with van der Waals surface area (Å²) in [5.74, 6) is 1.64. The molecule has 2 N–H and O–H groups in total. The summed E-state index contributed by atoms with van der Waals surface area (Å²) >= 11 is 0. The van der Waals surface area contributed by atoms with E-state index in [1.54, 1.807) is 0 Å². The molecule has 6 heteroatoms. The molecule has 0 saturated heterocycles.